The van der Waals surface area contributed by atoms with Crippen molar-refractivity contribution in [1.29, 1.82) is 0 Å². The lowest BCUT2D eigenvalue weighted by Crippen LogP contribution is -2.63. The van der Waals surface area contributed by atoms with E-state index in [2.05, 4.69) is 18.0 Å². The van der Waals surface area contributed by atoms with Crippen molar-refractivity contribution in [2.75, 3.05) is 27.3 Å². The minimum absolute atomic E-state index is 0.183. The number of allylic oxidation sites excluding steroid dienone is 1. The molecule has 2 aliphatic carbocycles. The molecule has 10 nitrogen and oxygen atoms in total. The molecule has 0 saturated carbocycles. The van der Waals surface area contributed by atoms with E-state index >= 15 is 0 Å². The fourth-order valence-electron chi connectivity index (χ4n) is 7.54. The number of carbonyl (C=O) groups excluding carboxylic acids is 1. The molecule has 10 heteroatoms. The number of ether oxygens (including phenoxy) is 7. The summed E-state index contributed by atoms with van der Waals surface area (Å²) in [4.78, 5) is 15.3. The maximum atomic E-state index is 12.8. The molecule has 3 saturated heterocycles. The number of methoxy groups -OCH3 is 1. The largest absolute Gasteiger partial charge is 0.513 e. The predicted molar refractivity (Wildman–Crippen MR) is 127 cm³/mol. The number of benzene rings is 1. The molecule has 4 heterocycles. The summed E-state index contributed by atoms with van der Waals surface area (Å²) in [5.41, 5.74) is 2.22. The van der Waals surface area contributed by atoms with Gasteiger partial charge in [-0.1, -0.05) is 6.07 Å². The van der Waals surface area contributed by atoms with Crippen LogP contribution < -0.4 is 9.47 Å². The molecule has 3 fully saturated rings. The zero-order valence-corrected chi connectivity index (χ0v) is 21.5. The molecule has 1 aromatic rings. The van der Waals surface area contributed by atoms with E-state index in [0.717, 1.165) is 31.6 Å². The fourth-order valence-corrected chi connectivity index (χ4v) is 7.54. The van der Waals surface area contributed by atoms with Gasteiger partial charge >= 0.3 is 6.16 Å². The molecule has 8 atom stereocenters. The molecule has 1 aromatic carbocycles. The van der Waals surface area contributed by atoms with Crippen LogP contribution in [-0.4, -0.2) is 86.0 Å². The maximum Gasteiger partial charge on any atom is 0.513 e. The van der Waals surface area contributed by atoms with Crippen LogP contribution in [0.2, 0.25) is 0 Å². The van der Waals surface area contributed by atoms with Crippen molar-refractivity contribution < 1.29 is 43.1 Å². The Morgan fingerprint density at radius 2 is 2.11 bits per heavy atom. The zero-order chi connectivity index (χ0) is 25.7. The minimum Gasteiger partial charge on any atom is -0.493 e. The van der Waals surface area contributed by atoms with Gasteiger partial charge in [0.2, 0.25) is 0 Å². The second-order valence-electron chi connectivity index (χ2n) is 11.4. The molecule has 1 N–H and O–H groups in total. The highest BCUT2D eigenvalue weighted by atomic mass is 16.8. The Labute approximate surface area is 215 Å². The lowest BCUT2D eigenvalue weighted by atomic mass is 9.53. The third-order valence-corrected chi connectivity index (χ3v) is 9.11. The Kier molecular flexibility index (Phi) is 5.17. The number of likely N-dealkylation sites (tertiary alicyclic amines) is 1. The summed E-state index contributed by atoms with van der Waals surface area (Å²) >= 11 is 0. The average Bonchev–Trinajstić information content (AvgIpc) is 3.47. The molecule has 1 spiro atoms. The van der Waals surface area contributed by atoms with Crippen LogP contribution in [0.25, 0.3) is 0 Å². The minimum atomic E-state index is -0.981. The number of likely N-dealkylation sites (N-methyl/N-ethyl adjacent to an activating group) is 1. The lowest BCUT2D eigenvalue weighted by molar-refractivity contribution is -0.218. The van der Waals surface area contributed by atoms with Crippen molar-refractivity contribution in [3.63, 3.8) is 0 Å². The quantitative estimate of drug-likeness (QED) is 0.601. The number of fused-ring (bicyclic) bond motifs is 1. The predicted octanol–water partition coefficient (Wildman–Crippen LogP) is 2.25. The highest BCUT2D eigenvalue weighted by Gasteiger charge is 2.65. The molecule has 0 radical (unpaired) electrons. The Hall–Kier alpha value is -2.37. The summed E-state index contributed by atoms with van der Waals surface area (Å²) in [5.74, 6) is 1.45. The monoisotopic (exact) mass is 515 g/mol. The SMILES string of the molecule is COc1ccc2c3c1OC1C(OC(=O)OC[C@H]4O[C@@H]5OC(C)(C)O[C@@H]5[C@H]4O)=CCC4[C@@H](C2)N(C)CC[C@]314. The number of hydrogen-bond acceptors (Lipinski definition) is 10. The molecule has 37 heavy (non-hydrogen) atoms. The summed E-state index contributed by atoms with van der Waals surface area (Å²) in [7, 11) is 3.84. The van der Waals surface area contributed by atoms with Gasteiger partial charge in [0, 0.05) is 17.0 Å². The Morgan fingerprint density at radius 1 is 1.27 bits per heavy atom. The first-order chi connectivity index (χ1) is 17.7. The number of hydrogen-bond donors (Lipinski definition) is 1. The molecule has 0 amide bonds. The van der Waals surface area contributed by atoms with Crippen molar-refractivity contribution in [1.82, 2.24) is 4.90 Å². The first-order valence-corrected chi connectivity index (χ1v) is 13.0. The van der Waals surface area contributed by atoms with Gasteiger partial charge < -0.3 is 43.2 Å². The van der Waals surface area contributed by atoms with E-state index in [-0.39, 0.29) is 12.0 Å². The summed E-state index contributed by atoms with van der Waals surface area (Å²) in [5, 5.41) is 10.6. The van der Waals surface area contributed by atoms with E-state index in [1.807, 2.05) is 12.1 Å². The summed E-state index contributed by atoms with van der Waals surface area (Å²) in [6, 6.07) is 4.51. The number of aliphatic hydroxyl groups is 1. The molecular weight excluding hydrogens is 482 g/mol. The second-order valence-corrected chi connectivity index (χ2v) is 11.4. The average molecular weight is 516 g/mol. The van der Waals surface area contributed by atoms with Crippen LogP contribution in [0.5, 0.6) is 11.5 Å². The van der Waals surface area contributed by atoms with E-state index in [0.29, 0.717) is 23.5 Å². The number of aliphatic hydroxyl groups excluding tert-OH is 1. The first-order valence-electron chi connectivity index (χ1n) is 13.0. The summed E-state index contributed by atoms with van der Waals surface area (Å²) < 4.78 is 40.5. The van der Waals surface area contributed by atoms with Gasteiger partial charge in [-0.15, -0.1) is 0 Å². The zero-order valence-electron chi connectivity index (χ0n) is 21.5. The van der Waals surface area contributed by atoms with Crippen LogP contribution in [-0.2, 0) is 35.5 Å². The van der Waals surface area contributed by atoms with E-state index in [1.54, 1.807) is 21.0 Å². The Balaban J connectivity index is 1.09. The van der Waals surface area contributed by atoms with E-state index in [1.165, 1.54) is 11.1 Å². The normalized spacial score (nSPS) is 40.4. The maximum absolute atomic E-state index is 12.8. The van der Waals surface area contributed by atoms with Gasteiger partial charge in [-0.25, -0.2) is 4.79 Å². The van der Waals surface area contributed by atoms with Crippen molar-refractivity contribution in [2.24, 2.45) is 5.92 Å². The molecule has 2 bridgehead atoms. The third kappa shape index (κ3) is 3.32. The fraction of sp³-hybridized carbons (Fsp3) is 0.667. The number of rotatable bonds is 4. The van der Waals surface area contributed by atoms with Crippen LogP contribution in [0.4, 0.5) is 4.79 Å². The Morgan fingerprint density at radius 3 is 2.89 bits per heavy atom. The van der Waals surface area contributed by atoms with Crippen LogP contribution in [0.3, 0.4) is 0 Å². The summed E-state index contributed by atoms with van der Waals surface area (Å²) in [6.45, 7) is 4.27. The highest BCUT2D eigenvalue weighted by Crippen LogP contribution is 2.63. The smallest absolute Gasteiger partial charge is 0.493 e. The Bertz CT molecular complexity index is 1170. The molecule has 4 aliphatic heterocycles. The van der Waals surface area contributed by atoms with Gasteiger partial charge in [0.1, 0.15) is 30.7 Å². The van der Waals surface area contributed by atoms with Crippen molar-refractivity contribution in [3.8, 4) is 11.5 Å². The molecule has 0 aromatic heterocycles. The van der Waals surface area contributed by atoms with Gasteiger partial charge in [0.05, 0.1) is 7.11 Å². The van der Waals surface area contributed by atoms with Crippen molar-refractivity contribution >= 4 is 6.16 Å². The van der Waals surface area contributed by atoms with E-state index < -0.39 is 42.6 Å². The van der Waals surface area contributed by atoms with E-state index in [4.69, 9.17) is 33.2 Å². The molecule has 7 rings (SSSR count). The van der Waals surface area contributed by atoms with Crippen LogP contribution in [0.15, 0.2) is 24.0 Å². The second kappa shape index (κ2) is 8.07. The van der Waals surface area contributed by atoms with Crippen LogP contribution >= 0.6 is 0 Å². The van der Waals surface area contributed by atoms with Gasteiger partial charge in [0.25, 0.3) is 0 Å². The van der Waals surface area contributed by atoms with Gasteiger partial charge in [-0.3, -0.25) is 0 Å². The summed E-state index contributed by atoms with van der Waals surface area (Å²) in [6.07, 6.45) is 0.247. The van der Waals surface area contributed by atoms with Gasteiger partial charge in [-0.2, -0.15) is 0 Å². The lowest BCUT2D eigenvalue weighted by Gasteiger charge is -2.56. The standard InChI is InChI=1S/C27H33NO9/c1-26(2)36-22-20(29)18(33-24(22)37-26)12-32-25(30)34-17-8-6-14-15-11-13-5-7-16(31-4)21-19(13)27(14,23(17)35-21)9-10-28(15)3/h5,7-8,14-15,18,20,22-24,29H,6,9-12H2,1-4H3/t14?,15-,18-,20+,22-,23?,24-,27+/m1/s1. The number of nitrogens with zero attached hydrogens (tertiary/aromatic N) is 1. The third-order valence-electron chi connectivity index (χ3n) is 9.11. The van der Waals surface area contributed by atoms with Gasteiger partial charge in [0.15, 0.2) is 29.7 Å². The molecule has 2 unspecified atom stereocenters. The molecular formula is C27H33NO9. The van der Waals surface area contributed by atoms with Crippen LogP contribution in [0, 0.1) is 5.92 Å². The van der Waals surface area contributed by atoms with Gasteiger partial charge in [-0.05, 0) is 70.3 Å². The van der Waals surface area contributed by atoms with Crippen LogP contribution in [0.1, 0.15) is 37.8 Å². The van der Waals surface area contributed by atoms with E-state index in [9.17, 15) is 9.90 Å². The highest BCUT2D eigenvalue weighted by molar-refractivity contribution is 5.65. The first kappa shape index (κ1) is 23.7. The number of carbonyl (C=O) groups is 1. The molecule has 6 aliphatic rings. The number of piperidine rings is 1. The molecule has 200 valence electrons. The van der Waals surface area contributed by atoms with Crippen molar-refractivity contribution in [2.45, 2.75) is 81.1 Å². The topological polar surface area (TPSA) is 105 Å². The van der Waals surface area contributed by atoms with Crippen molar-refractivity contribution in [3.05, 3.63) is 35.1 Å².